The summed E-state index contributed by atoms with van der Waals surface area (Å²) in [6.07, 6.45) is 4.47. The molecule has 0 amide bonds. The quantitative estimate of drug-likeness (QED) is 0.538. The molecular formula is C6H6BrFIN. The molecule has 0 saturated heterocycles. The van der Waals surface area contributed by atoms with Crippen LogP contribution in [0.25, 0.3) is 0 Å². The first-order chi connectivity index (χ1) is 4.52. The van der Waals surface area contributed by atoms with Gasteiger partial charge in [-0.3, -0.25) is 0 Å². The van der Waals surface area contributed by atoms with Crippen molar-refractivity contribution in [3.05, 3.63) is 24.1 Å². The summed E-state index contributed by atoms with van der Waals surface area (Å²) in [4.78, 5) is 0. The molecule has 0 aromatic carbocycles. The van der Waals surface area contributed by atoms with E-state index in [-0.39, 0.29) is 11.9 Å². The third kappa shape index (κ3) is 1.79. The summed E-state index contributed by atoms with van der Waals surface area (Å²) < 4.78 is 12.1. The Balaban J connectivity index is 2.88. The van der Waals surface area contributed by atoms with Crippen LogP contribution in [0.15, 0.2) is 24.1 Å². The molecular weight excluding hydrogens is 312 g/mol. The first-order valence-electron chi connectivity index (χ1n) is 2.72. The number of halogens is 3. The molecule has 1 aliphatic rings. The highest BCUT2D eigenvalue weighted by Gasteiger charge is 2.29. The van der Waals surface area contributed by atoms with Gasteiger partial charge in [0.25, 0.3) is 0 Å². The third-order valence-corrected chi connectivity index (χ3v) is 3.03. The van der Waals surface area contributed by atoms with Gasteiger partial charge in [0.1, 0.15) is 8.16 Å². The Bertz CT molecular complexity index is 200. The predicted octanol–water partition coefficient (Wildman–Crippen LogP) is 2.26. The lowest BCUT2D eigenvalue weighted by atomic mass is 10.1. The zero-order valence-electron chi connectivity index (χ0n) is 5.02. The number of rotatable bonds is 0. The first kappa shape index (κ1) is 8.67. The third-order valence-electron chi connectivity index (χ3n) is 1.24. The Hall–Kier alpha value is 0.580. The van der Waals surface area contributed by atoms with Crippen LogP contribution < -0.4 is 5.73 Å². The number of alkyl halides is 2. The normalized spacial score (nSPS) is 39.6. The van der Waals surface area contributed by atoms with Crippen LogP contribution in [0.1, 0.15) is 0 Å². The monoisotopic (exact) mass is 317 g/mol. The molecule has 0 spiro atoms. The molecule has 0 fully saturated rings. The van der Waals surface area contributed by atoms with Crippen molar-refractivity contribution in [1.29, 1.82) is 0 Å². The van der Waals surface area contributed by atoms with E-state index < -0.39 is 2.33 Å². The Morgan fingerprint density at radius 2 is 2.40 bits per heavy atom. The van der Waals surface area contributed by atoms with Crippen molar-refractivity contribution in [1.82, 2.24) is 0 Å². The molecule has 0 radical (unpaired) electrons. The fraction of sp³-hybridized carbons (Fsp3) is 0.333. The van der Waals surface area contributed by atoms with Crippen LogP contribution >= 0.6 is 38.5 Å². The van der Waals surface area contributed by atoms with Gasteiger partial charge < -0.3 is 5.73 Å². The molecule has 10 heavy (non-hydrogen) atoms. The average molecular weight is 318 g/mol. The van der Waals surface area contributed by atoms with E-state index in [0.29, 0.717) is 0 Å². The van der Waals surface area contributed by atoms with E-state index in [1.807, 2.05) is 0 Å². The van der Waals surface area contributed by atoms with E-state index >= 15 is 0 Å². The molecule has 4 heteroatoms. The van der Waals surface area contributed by atoms with Gasteiger partial charge in [0.2, 0.25) is 0 Å². The van der Waals surface area contributed by atoms with E-state index in [0.717, 1.165) is 0 Å². The van der Waals surface area contributed by atoms with E-state index in [2.05, 4.69) is 38.5 Å². The van der Waals surface area contributed by atoms with Gasteiger partial charge in [0.05, 0.1) is 6.04 Å². The summed E-state index contributed by atoms with van der Waals surface area (Å²) >= 11 is 5.35. The van der Waals surface area contributed by atoms with Crippen molar-refractivity contribution in [3.63, 3.8) is 0 Å². The Kier molecular flexibility index (Phi) is 2.52. The summed E-state index contributed by atoms with van der Waals surface area (Å²) in [6, 6.07) is -0.160. The van der Waals surface area contributed by atoms with Crippen molar-refractivity contribution < 1.29 is 4.39 Å². The van der Waals surface area contributed by atoms with Crippen LogP contribution in [0, 0.1) is 0 Å². The van der Waals surface area contributed by atoms with Crippen molar-refractivity contribution in [2.45, 2.75) is 8.37 Å². The van der Waals surface area contributed by atoms with Gasteiger partial charge in [-0.05, 0) is 12.2 Å². The Labute approximate surface area is 80.8 Å². The van der Waals surface area contributed by atoms with Gasteiger partial charge in [-0.25, -0.2) is 4.39 Å². The smallest absolute Gasteiger partial charge is 0.121 e. The molecule has 0 saturated carbocycles. The van der Waals surface area contributed by atoms with E-state index in [1.165, 1.54) is 12.2 Å². The highest BCUT2D eigenvalue weighted by Crippen LogP contribution is 2.36. The van der Waals surface area contributed by atoms with Gasteiger partial charge in [-0.2, -0.15) is 0 Å². The van der Waals surface area contributed by atoms with Crippen molar-refractivity contribution in [2.75, 3.05) is 0 Å². The second-order valence-corrected chi connectivity index (χ2v) is 6.67. The molecule has 2 unspecified atom stereocenters. The standard InChI is InChI=1S/C6H6BrFIN/c7-6(9)3-4(8)1-2-5(6)10/h1-3,5H,10H2. The average Bonchev–Trinajstić information content (AvgIpc) is 1.78. The van der Waals surface area contributed by atoms with Crippen LogP contribution in [0.2, 0.25) is 0 Å². The fourth-order valence-electron chi connectivity index (χ4n) is 0.652. The SMILES string of the molecule is NC1C=CC(F)=CC1(Br)I. The molecule has 0 bridgehead atoms. The number of nitrogens with two attached hydrogens (primary N) is 1. The van der Waals surface area contributed by atoms with E-state index in [9.17, 15) is 4.39 Å². The van der Waals surface area contributed by atoms with Gasteiger partial charge in [-0.15, -0.1) is 0 Å². The summed E-state index contributed by atoms with van der Waals surface area (Å²) in [5.74, 6) is -0.243. The van der Waals surface area contributed by atoms with Crippen molar-refractivity contribution in [3.8, 4) is 0 Å². The lowest BCUT2D eigenvalue weighted by molar-refractivity contribution is 0.643. The second-order valence-electron chi connectivity index (χ2n) is 2.09. The highest BCUT2D eigenvalue weighted by molar-refractivity contribution is 14.1. The minimum absolute atomic E-state index is 0.160. The second kappa shape index (κ2) is 2.91. The molecule has 2 atom stereocenters. The lowest BCUT2D eigenvalue weighted by Gasteiger charge is -2.24. The molecule has 1 aliphatic carbocycles. The number of hydrogen-bond acceptors (Lipinski definition) is 1. The van der Waals surface area contributed by atoms with E-state index in [4.69, 9.17) is 5.73 Å². The molecule has 0 aromatic rings. The molecule has 0 aliphatic heterocycles. The van der Waals surface area contributed by atoms with E-state index in [1.54, 1.807) is 6.08 Å². The maximum absolute atomic E-state index is 12.5. The number of hydrogen-bond donors (Lipinski definition) is 1. The molecule has 56 valence electrons. The largest absolute Gasteiger partial charge is 0.322 e. The van der Waals surface area contributed by atoms with Crippen molar-refractivity contribution in [2.24, 2.45) is 5.73 Å². The van der Waals surface area contributed by atoms with Crippen LogP contribution in [0.5, 0.6) is 0 Å². The zero-order valence-corrected chi connectivity index (χ0v) is 8.76. The van der Waals surface area contributed by atoms with Crippen LogP contribution in [-0.2, 0) is 0 Å². The van der Waals surface area contributed by atoms with Gasteiger partial charge >= 0.3 is 0 Å². The molecule has 1 rings (SSSR count). The molecule has 2 N–H and O–H groups in total. The van der Waals surface area contributed by atoms with Crippen molar-refractivity contribution >= 4 is 38.5 Å². The number of allylic oxidation sites excluding steroid dienone is 2. The summed E-state index contributed by atoms with van der Waals surface area (Å²) in [6.45, 7) is 0. The maximum atomic E-state index is 12.5. The van der Waals surface area contributed by atoms with Gasteiger partial charge in [0.15, 0.2) is 0 Å². The predicted molar refractivity (Wildman–Crippen MR) is 52.0 cm³/mol. The Morgan fingerprint density at radius 1 is 1.80 bits per heavy atom. The highest BCUT2D eigenvalue weighted by atomic mass is 127. The summed E-state index contributed by atoms with van der Waals surface area (Å²) in [7, 11) is 0. The fourth-order valence-corrected chi connectivity index (χ4v) is 1.53. The van der Waals surface area contributed by atoms with Crippen LogP contribution in [0.4, 0.5) is 4.39 Å². The molecule has 0 heterocycles. The minimum atomic E-state index is -0.455. The lowest BCUT2D eigenvalue weighted by Crippen LogP contribution is -2.36. The van der Waals surface area contributed by atoms with Gasteiger partial charge in [0, 0.05) is 0 Å². The molecule has 1 nitrogen and oxygen atoms in total. The topological polar surface area (TPSA) is 26.0 Å². The first-order valence-corrected chi connectivity index (χ1v) is 4.59. The zero-order chi connectivity index (χ0) is 7.78. The van der Waals surface area contributed by atoms with Crippen LogP contribution in [-0.4, -0.2) is 8.37 Å². The van der Waals surface area contributed by atoms with Gasteiger partial charge in [-0.1, -0.05) is 44.6 Å². The summed E-state index contributed by atoms with van der Waals surface area (Å²) in [5, 5.41) is 0. The maximum Gasteiger partial charge on any atom is 0.121 e. The minimum Gasteiger partial charge on any atom is -0.322 e. The Morgan fingerprint density at radius 3 is 2.80 bits per heavy atom. The van der Waals surface area contributed by atoms with Crippen LogP contribution in [0.3, 0.4) is 0 Å². The summed E-state index contributed by atoms with van der Waals surface area (Å²) in [5.41, 5.74) is 5.62. The molecule has 0 aromatic heterocycles.